The highest BCUT2D eigenvalue weighted by Gasteiger charge is 2.25. The maximum Gasteiger partial charge on any atom is 0.229 e. The van der Waals surface area contributed by atoms with Gasteiger partial charge < -0.3 is 10.2 Å². The SMILES string of the molecule is Cc1ccc2nc(NC(=O)C3CCN(CCc4cnn(C(C)(C)C)c4)CC3)sc2n1. The quantitative estimate of drug-likeness (QED) is 0.671. The van der Waals surface area contributed by atoms with Crippen LogP contribution in [0.3, 0.4) is 0 Å². The van der Waals surface area contributed by atoms with Gasteiger partial charge in [0.25, 0.3) is 0 Å². The van der Waals surface area contributed by atoms with Crippen molar-refractivity contribution in [3.05, 3.63) is 35.8 Å². The van der Waals surface area contributed by atoms with E-state index in [1.165, 1.54) is 16.9 Å². The highest BCUT2D eigenvalue weighted by Crippen LogP contribution is 2.26. The van der Waals surface area contributed by atoms with Crippen LogP contribution in [0.25, 0.3) is 10.3 Å². The minimum absolute atomic E-state index is 0.0160. The van der Waals surface area contributed by atoms with Gasteiger partial charge in [0.1, 0.15) is 10.3 Å². The van der Waals surface area contributed by atoms with Gasteiger partial charge in [-0.1, -0.05) is 11.3 Å². The molecule has 0 radical (unpaired) electrons. The van der Waals surface area contributed by atoms with Crippen molar-refractivity contribution in [3.63, 3.8) is 0 Å². The molecule has 8 heteroatoms. The van der Waals surface area contributed by atoms with E-state index < -0.39 is 0 Å². The highest BCUT2D eigenvalue weighted by atomic mass is 32.1. The summed E-state index contributed by atoms with van der Waals surface area (Å²) in [5.74, 6) is 0.128. The van der Waals surface area contributed by atoms with Crippen LogP contribution in [0, 0.1) is 12.8 Å². The fourth-order valence-electron chi connectivity index (χ4n) is 3.73. The molecule has 0 saturated carbocycles. The Hall–Kier alpha value is -2.32. The van der Waals surface area contributed by atoms with Gasteiger partial charge in [-0.2, -0.15) is 5.10 Å². The van der Waals surface area contributed by atoms with Gasteiger partial charge in [-0.3, -0.25) is 9.48 Å². The monoisotopic (exact) mass is 426 g/mol. The molecule has 4 rings (SSSR count). The van der Waals surface area contributed by atoms with E-state index in [-0.39, 0.29) is 17.4 Å². The number of carbonyl (C=O) groups excluding carboxylic acids is 1. The van der Waals surface area contributed by atoms with Crippen molar-refractivity contribution in [2.45, 2.75) is 52.5 Å². The maximum absolute atomic E-state index is 12.7. The van der Waals surface area contributed by atoms with Crippen LogP contribution >= 0.6 is 11.3 Å². The predicted octanol–water partition coefficient (Wildman–Crippen LogP) is 3.84. The molecule has 7 nitrogen and oxygen atoms in total. The van der Waals surface area contributed by atoms with Crippen molar-refractivity contribution in [1.82, 2.24) is 24.6 Å². The number of fused-ring (bicyclic) bond motifs is 1. The molecule has 1 saturated heterocycles. The number of aromatic nitrogens is 4. The number of rotatable bonds is 5. The Morgan fingerprint density at radius 1 is 1.23 bits per heavy atom. The van der Waals surface area contributed by atoms with Crippen LogP contribution in [0.15, 0.2) is 24.5 Å². The van der Waals surface area contributed by atoms with Crippen molar-refractivity contribution in [2.24, 2.45) is 5.92 Å². The number of likely N-dealkylation sites (tertiary alicyclic amines) is 1. The van der Waals surface area contributed by atoms with Gasteiger partial charge in [-0.05, 0) is 77.7 Å². The molecule has 0 spiro atoms. The van der Waals surface area contributed by atoms with Crippen molar-refractivity contribution in [1.29, 1.82) is 0 Å². The Morgan fingerprint density at radius 2 is 2.00 bits per heavy atom. The average Bonchev–Trinajstić information content (AvgIpc) is 3.33. The zero-order valence-corrected chi connectivity index (χ0v) is 19.0. The smallest absolute Gasteiger partial charge is 0.229 e. The molecule has 0 aliphatic carbocycles. The van der Waals surface area contributed by atoms with E-state index in [1.807, 2.05) is 29.9 Å². The number of pyridine rings is 1. The summed E-state index contributed by atoms with van der Waals surface area (Å²) >= 11 is 1.44. The Labute approximate surface area is 181 Å². The lowest BCUT2D eigenvalue weighted by Gasteiger charge is -2.30. The van der Waals surface area contributed by atoms with E-state index in [2.05, 4.69) is 52.3 Å². The molecule has 0 atom stereocenters. The molecule has 0 bridgehead atoms. The van der Waals surface area contributed by atoms with Crippen molar-refractivity contribution >= 4 is 32.7 Å². The largest absolute Gasteiger partial charge is 0.303 e. The van der Waals surface area contributed by atoms with Crippen molar-refractivity contribution < 1.29 is 4.79 Å². The van der Waals surface area contributed by atoms with Crippen LogP contribution in [-0.2, 0) is 16.8 Å². The lowest BCUT2D eigenvalue weighted by Crippen LogP contribution is -2.39. The number of piperidine rings is 1. The highest BCUT2D eigenvalue weighted by molar-refractivity contribution is 7.21. The second-order valence-electron chi connectivity index (χ2n) is 9.12. The Balaban J connectivity index is 1.25. The summed E-state index contributed by atoms with van der Waals surface area (Å²) < 4.78 is 2.03. The third-order valence-electron chi connectivity index (χ3n) is 5.62. The van der Waals surface area contributed by atoms with Crippen molar-refractivity contribution in [2.75, 3.05) is 25.0 Å². The summed E-state index contributed by atoms with van der Waals surface area (Å²) in [6.07, 6.45) is 6.88. The van der Waals surface area contributed by atoms with Gasteiger partial charge in [0, 0.05) is 24.4 Å². The number of amides is 1. The van der Waals surface area contributed by atoms with E-state index in [4.69, 9.17) is 0 Å². The molecule has 0 unspecified atom stereocenters. The lowest BCUT2D eigenvalue weighted by atomic mass is 9.96. The van der Waals surface area contributed by atoms with Gasteiger partial charge >= 0.3 is 0 Å². The molecule has 1 amide bonds. The molecule has 1 N–H and O–H groups in total. The molecular weight excluding hydrogens is 396 g/mol. The second-order valence-corrected chi connectivity index (χ2v) is 10.1. The summed E-state index contributed by atoms with van der Waals surface area (Å²) in [5, 5.41) is 8.14. The van der Waals surface area contributed by atoms with Crippen LogP contribution in [0.4, 0.5) is 5.13 Å². The molecule has 0 aromatic carbocycles. The molecule has 3 aromatic rings. The number of hydrogen-bond donors (Lipinski definition) is 1. The molecule has 3 aromatic heterocycles. The van der Waals surface area contributed by atoms with Gasteiger partial charge in [0.05, 0.1) is 11.7 Å². The lowest BCUT2D eigenvalue weighted by molar-refractivity contribution is -0.121. The third kappa shape index (κ3) is 4.87. The van der Waals surface area contributed by atoms with E-state index in [9.17, 15) is 4.79 Å². The summed E-state index contributed by atoms with van der Waals surface area (Å²) in [6.45, 7) is 11.3. The second kappa shape index (κ2) is 8.43. The molecule has 4 heterocycles. The third-order valence-corrected chi connectivity index (χ3v) is 6.50. The molecule has 1 aliphatic heterocycles. The Bertz CT molecular complexity index is 1030. The number of thiazole rings is 1. The first-order valence-electron chi connectivity index (χ1n) is 10.6. The zero-order chi connectivity index (χ0) is 21.3. The van der Waals surface area contributed by atoms with Gasteiger partial charge in [-0.25, -0.2) is 9.97 Å². The fraction of sp³-hybridized carbons (Fsp3) is 0.545. The topological polar surface area (TPSA) is 75.9 Å². The van der Waals surface area contributed by atoms with Gasteiger partial charge in [-0.15, -0.1) is 0 Å². The average molecular weight is 427 g/mol. The van der Waals surface area contributed by atoms with Gasteiger partial charge in [0.2, 0.25) is 5.91 Å². The van der Waals surface area contributed by atoms with E-state index in [1.54, 1.807) is 0 Å². The Morgan fingerprint density at radius 3 is 2.70 bits per heavy atom. The number of nitrogens with zero attached hydrogens (tertiary/aromatic N) is 5. The van der Waals surface area contributed by atoms with Crippen LogP contribution in [0.5, 0.6) is 0 Å². The normalized spacial score (nSPS) is 16.3. The number of carbonyl (C=O) groups is 1. The molecule has 1 aliphatic rings. The first-order valence-corrected chi connectivity index (χ1v) is 11.4. The minimum Gasteiger partial charge on any atom is -0.303 e. The number of hydrogen-bond acceptors (Lipinski definition) is 6. The van der Waals surface area contributed by atoms with Crippen LogP contribution in [0.1, 0.15) is 44.9 Å². The van der Waals surface area contributed by atoms with E-state index in [0.717, 1.165) is 54.9 Å². The molecule has 1 fully saturated rings. The summed E-state index contributed by atoms with van der Waals surface area (Å²) in [7, 11) is 0. The number of nitrogens with one attached hydrogen (secondary N) is 1. The molecule has 160 valence electrons. The zero-order valence-electron chi connectivity index (χ0n) is 18.2. The van der Waals surface area contributed by atoms with Crippen molar-refractivity contribution in [3.8, 4) is 0 Å². The molecule has 30 heavy (non-hydrogen) atoms. The van der Waals surface area contributed by atoms with Crippen LogP contribution < -0.4 is 5.32 Å². The summed E-state index contributed by atoms with van der Waals surface area (Å²) in [4.78, 5) is 25.0. The first-order chi connectivity index (χ1) is 14.3. The molecular formula is C22H30N6OS. The fourth-order valence-corrected chi connectivity index (χ4v) is 4.62. The standard InChI is InChI=1S/C22H30N6OS/c1-15-5-6-18-20(24-15)30-21(25-18)26-19(29)17-8-11-27(12-9-17)10-7-16-13-23-28(14-16)22(2,3)4/h5-6,13-14,17H,7-12H2,1-4H3,(H,25,26,29). The van der Waals surface area contributed by atoms with E-state index in [0.29, 0.717) is 5.13 Å². The van der Waals surface area contributed by atoms with Gasteiger partial charge in [0.15, 0.2) is 5.13 Å². The predicted molar refractivity (Wildman–Crippen MR) is 121 cm³/mol. The minimum atomic E-state index is 0.0160. The number of aryl methyl sites for hydroxylation is 1. The van der Waals surface area contributed by atoms with Crippen LogP contribution in [-0.4, -0.2) is 50.2 Å². The number of anilines is 1. The summed E-state index contributed by atoms with van der Waals surface area (Å²) in [5.41, 5.74) is 3.08. The van der Waals surface area contributed by atoms with E-state index >= 15 is 0 Å². The Kier molecular flexibility index (Phi) is 5.88. The van der Waals surface area contributed by atoms with Crippen LogP contribution in [0.2, 0.25) is 0 Å². The first kappa shape index (κ1) is 20.9. The summed E-state index contributed by atoms with van der Waals surface area (Å²) in [6, 6.07) is 3.89. The maximum atomic E-state index is 12.7.